The molecule has 0 saturated heterocycles. The number of carbonyl (C=O) groups excluding carboxylic acids is 1. The van der Waals surface area contributed by atoms with Crippen molar-refractivity contribution in [3.8, 4) is 0 Å². The quantitative estimate of drug-likeness (QED) is 0.337. The number of non-ortho nitro benzene ring substituents is 1. The first-order chi connectivity index (χ1) is 15.4. The molecule has 0 N–H and O–H groups in total. The standard InChI is InChI=1S/C25H18N2O5/c1-14-7-10-18(13-15(14)2)26-22(16-8-11-17(12-9-16)27(30)31)21-23(28)19-5-3-4-6-20(19)32-24(21)25(26)29/h3-13,22H,1-2H3. The summed E-state index contributed by atoms with van der Waals surface area (Å²) in [5.74, 6) is -0.426. The van der Waals surface area contributed by atoms with Crippen LogP contribution in [0.2, 0.25) is 0 Å². The summed E-state index contributed by atoms with van der Waals surface area (Å²) in [4.78, 5) is 39.2. The summed E-state index contributed by atoms with van der Waals surface area (Å²) in [5, 5.41) is 11.5. The predicted molar refractivity (Wildman–Crippen MR) is 120 cm³/mol. The maximum atomic E-state index is 13.5. The fraction of sp³-hybridized carbons (Fsp3) is 0.120. The van der Waals surface area contributed by atoms with Crippen molar-refractivity contribution in [3.63, 3.8) is 0 Å². The Morgan fingerprint density at radius 2 is 1.66 bits per heavy atom. The van der Waals surface area contributed by atoms with Crippen molar-refractivity contribution in [2.75, 3.05) is 4.90 Å². The van der Waals surface area contributed by atoms with Gasteiger partial charge in [-0.3, -0.25) is 24.6 Å². The summed E-state index contributed by atoms with van der Waals surface area (Å²) >= 11 is 0. The van der Waals surface area contributed by atoms with Gasteiger partial charge in [0.05, 0.1) is 21.9 Å². The molecule has 2 heterocycles. The highest BCUT2D eigenvalue weighted by Gasteiger charge is 2.43. The highest BCUT2D eigenvalue weighted by atomic mass is 16.6. The van der Waals surface area contributed by atoms with Gasteiger partial charge in [-0.2, -0.15) is 0 Å². The highest BCUT2D eigenvalue weighted by molar-refractivity contribution is 6.10. The molecule has 0 fully saturated rings. The first-order valence-electron chi connectivity index (χ1n) is 10.1. The SMILES string of the molecule is Cc1ccc(N2C(=O)c3oc4ccccc4c(=O)c3C2c2ccc([N+](=O)[O-])cc2)cc1C. The summed E-state index contributed by atoms with van der Waals surface area (Å²) in [6.45, 7) is 3.93. The minimum atomic E-state index is -0.763. The van der Waals surface area contributed by atoms with Gasteiger partial charge in [-0.25, -0.2) is 0 Å². The first kappa shape index (κ1) is 19.7. The van der Waals surface area contributed by atoms with Crippen LogP contribution in [0.4, 0.5) is 11.4 Å². The predicted octanol–water partition coefficient (Wildman–Crippen LogP) is 5.07. The number of rotatable bonds is 3. The summed E-state index contributed by atoms with van der Waals surface area (Å²) < 4.78 is 5.92. The highest BCUT2D eigenvalue weighted by Crippen LogP contribution is 2.41. The van der Waals surface area contributed by atoms with Gasteiger partial charge in [0.25, 0.3) is 11.6 Å². The summed E-state index contributed by atoms with van der Waals surface area (Å²) in [6, 6.07) is 17.6. The zero-order valence-corrected chi connectivity index (χ0v) is 17.4. The zero-order chi connectivity index (χ0) is 22.6. The Balaban J connectivity index is 1.79. The molecule has 7 heteroatoms. The van der Waals surface area contributed by atoms with Crippen LogP contribution in [0.5, 0.6) is 0 Å². The smallest absolute Gasteiger partial charge is 0.295 e. The van der Waals surface area contributed by atoms with Crippen molar-refractivity contribution < 1.29 is 14.1 Å². The number of nitro benzene ring substituents is 1. The Labute approximate surface area is 182 Å². The molecule has 1 aliphatic heterocycles. The lowest BCUT2D eigenvalue weighted by Crippen LogP contribution is -2.29. The van der Waals surface area contributed by atoms with Crippen LogP contribution >= 0.6 is 0 Å². The van der Waals surface area contributed by atoms with E-state index in [0.29, 0.717) is 22.2 Å². The number of amides is 1. The van der Waals surface area contributed by atoms with E-state index in [0.717, 1.165) is 11.1 Å². The lowest BCUT2D eigenvalue weighted by molar-refractivity contribution is -0.384. The molecule has 1 amide bonds. The molecule has 5 rings (SSSR count). The third kappa shape index (κ3) is 2.90. The van der Waals surface area contributed by atoms with Crippen molar-refractivity contribution in [3.05, 3.63) is 115 Å². The van der Waals surface area contributed by atoms with Gasteiger partial charge in [0, 0.05) is 17.8 Å². The van der Waals surface area contributed by atoms with Crippen molar-refractivity contribution >= 4 is 28.3 Å². The molecule has 1 aromatic heterocycles. The van der Waals surface area contributed by atoms with Crippen LogP contribution in [0.15, 0.2) is 75.9 Å². The van der Waals surface area contributed by atoms with E-state index in [9.17, 15) is 19.7 Å². The third-order valence-electron chi connectivity index (χ3n) is 5.97. The molecule has 32 heavy (non-hydrogen) atoms. The molecule has 0 bridgehead atoms. The van der Waals surface area contributed by atoms with Gasteiger partial charge < -0.3 is 4.42 Å². The second-order valence-electron chi connectivity index (χ2n) is 7.87. The van der Waals surface area contributed by atoms with Crippen LogP contribution in [0.1, 0.15) is 38.9 Å². The van der Waals surface area contributed by atoms with E-state index in [1.54, 1.807) is 36.4 Å². The van der Waals surface area contributed by atoms with E-state index < -0.39 is 16.9 Å². The molecule has 1 unspecified atom stereocenters. The van der Waals surface area contributed by atoms with Gasteiger partial charge in [0.1, 0.15) is 5.58 Å². The number of benzene rings is 3. The van der Waals surface area contributed by atoms with Crippen LogP contribution < -0.4 is 10.3 Å². The molecule has 0 aliphatic carbocycles. The average Bonchev–Trinajstić information content (AvgIpc) is 3.08. The van der Waals surface area contributed by atoms with Crippen LogP contribution in [-0.4, -0.2) is 10.8 Å². The Hall–Kier alpha value is -4.26. The van der Waals surface area contributed by atoms with Crippen molar-refractivity contribution in [1.29, 1.82) is 0 Å². The maximum Gasteiger partial charge on any atom is 0.295 e. The monoisotopic (exact) mass is 426 g/mol. The second kappa shape index (κ2) is 7.16. The number of carbonyl (C=O) groups is 1. The number of fused-ring (bicyclic) bond motifs is 2. The van der Waals surface area contributed by atoms with Gasteiger partial charge in [-0.15, -0.1) is 0 Å². The average molecular weight is 426 g/mol. The maximum absolute atomic E-state index is 13.5. The number of nitro groups is 1. The number of hydrogen-bond acceptors (Lipinski definition) is 5. The topological polar surface area (TPSA) is 93.7 Å². The summed E-state index contributed by atoms with van der Waals surface area (Å²) in [7, 11) is 0. The van der Waals surface area contributed by atoms with Crippen LogP contribution in [-0.2, 0) is 0 Å². The van der Waals surface area contributed by atoms with E-state index in [2.05, 4.69) is 0 Å². The number of para-hydroxylation sites is 1. The lowest BCUT2D eigenvalue weighted by atomic mass is 9.97. The molecule has 0 radical (unpaired) electrons. The minimum Gasteiger partial charge on any atom is -0.450 e. The number of aryl methyl sites for hydroxylation is 2. The van der Waals surface area contributed by atoms with Crippen LogP contribution in [0.3, 0.4) is 0 Å². The van der Waals surface area contributed by atoms with E-state index >= 15 is 0 Å². The molecule has 1 aliphatic rings. The summed E-state index contributed by atoms with van der Waals surface area (Å²) in [6.07, 6.45) is 0. The van der Waals surface area contributed by atoms with Crippen molar-refractivity contribution in [1.82, 2.24) is 0 Å². The number of hydrogen-bond donors (Lipinski definition) is 0. The van der Waals surface area contributed by atoms with Gasteiger partial charge in [-0.1, -0.05) is 18.2 Å². The molecule has 1 atom stereocenters. The second-order valence-corrected chi connectivity index (χ2v) is 7.87. The van der Waals surface area contributed by atoms with Gasteiger partial charge in [0.15, 0.2) is 5.43 Å². The zero-order valence-electron chi connectivity index (χ0n) is 17.4. The molecule has 3 aromatic carbocycles. The van der Waals surface area contributed by atoms with E-state index in [4.69, 9.17) is 4.42 Å². The molecular formula is C25H18N2O5. The third-order valence-corrected chi connectivity index (χ3v) is 5.97. The lowest BCUT2D eigenvalue weighted by Gasteiger charge is -2.25. The fourth-order valence-electron chi connectivity index (χ4n) is 4.16. The Morgan fingerprint density at radius 1 is 0.938 bits per heavy atom. The van der Waals surface area contributed by atoms with E-state index in [1.807, 2.05) is 32.0 Å². The van der Waals surface area contributed by atoms with Crippen molar-refractivity contribution in [2.24, 2.45) is 0 Å². The normalized spacial score (nSPS) is 15.2. The van der Waals surface area contributed by atoms with Crippen molar-refractivity contribution in [2.45, 2.75) is 19.9 Å². The van der Waals surface area contributed by atoms with Gasteiger partial charge >= 0.3 is 0 Å². The van der Waals surface area contributed by atoms with Crippen LogP contribution in [0, 0.1) is 24.0 Å². The molecule has 4 aromatic rings. The molecule has 0 spiro atoms. The largest absolute Gasteiger partial charge is 0.450 e. The molecular weight excluding hydrogens is 408 g/mol. The number of nitrogens with zero attached hydrogens (tertiary/aromatic N) is 2. The first-order valence-corrected chi connectivity index (χ1v) is 10.1. The summed E-state index contributed by atoms with van der Waals surface area (Å²) in [5.41, 5.74) is 3.50. The Morgan fingerprint density at radius 3 is 2.34 bits per heavy atom. The van der Waals surface area contributed by atoms with Gasteiger partial charge in [0.2, 0.25) is 5.76 Å². The van der Waals surface area contributed by atoms with E-state index in [-0.39, 0.29) is 22.4 Å². The minimum absolute atomic E-state index is 0.00437. The van der Waals surface area contributed by atoms with Gasteiger partial charge in [-0.05, 0) is 66.9 Å². The molecule has 158 valence electrons. The Bertz CT molecular complexity index is 1470. The van der Waals surface area contributed by atoms with E-state index in [1.165, 1.54) is 17.0 Å². The molecule has 7 nitrogen and oxygen atoms in total. The Kier molecular flexibility index (Phi) is 4.41. The number of anilines is 1. The molecule has 0 saturated carbocycles. The van der Waals surface area contributed by atoms with Crippen LogP contribution in [0.25, 0.3) is 11.0 Å². The fourth-order valence-corrected chi connectivity index (χ4v) is 4.16.